The summed E-state index contributed by atoms with van der Waals surface area (Å²) in [4.78, 5) is 48.8. The number of nitrogens with one attached hydrogen (secondary N) is 1. The molecule has 0 saturated carbocycles. The molecule has 0 radical (unpaired) electrons. The van der Waals surface area contributed by atoms with Gasteiger partial charge in [-0.1, -0.05) is 6.92 Å². The van der Waals surface area contributed by atoms with Crippen molar-refractivity contribution in [3.05, 3.63) is 40.2 Å². The molecule has 0 unspecified atom stereocenters. The van der Waals surface area contributed by atoms with Crippen molar-refractivity contribution in [3.63, 3.8) is 0 Å². The van der Waals surface area contributed by atoms with Crippen molar-refractivity contribution in [2.45, 2.75) is 32.4 Å². The first kappa shape index (κ1) is 18.4. The lowest BCUT2D eigenvalue weighted by Crippen LogP contribution is -2.43. The Morgan fingerprint density at radius 2 is 2.04 bits per heavy atom. The molecule has 27 heavy (non-hydrogen) atoms. The van der Waals surface area contributed by atoms with Crippen LogP contribution in [0.25, 0.3) is 11.0 Å². The molecule has 2 N–H and O–H groups in total. The first-order valence-electron chi connectivity index (χ1n) is 8.29. The van der Waals surface area contributed by atoms with E-state index < -0.39 is 35.6 Å². The fraction of sp³-hybridized carbons (Fsp3) is 0.333. The summed E-state index contributed by atoms with van der Waals surface area (Å²) in [6.45, 7) is 2.56. The molecule has 3 rings (SSSR count). The predicted molar refractivity (Wildman–Crippen MR) is 92.9 cm³/mol. The van der Waals surface area contributed by atoms with Crippen molar-refractivity contribution in [2.75, 3.05) is 6.54 Å². The van der Waals surface area contributed by atoms with E-state index in [1.165, 1.54) is 24.3 Å². The Morgan fingerprint density at radius 1 is 1.30 bits per heavy atom. The van der Waals surface area contributed by atoms with Gasteiger partial charge in [-0.25, -0.2) is 9.59 Å². The van der Waals surface area contributed by atoms with E-state index in [1.807, 2.05) is 0 Å². The number of carbonyl (C=O) groups excluding carboxylic acids is 3. The summed E-state index contributed by atoms with van der Waals surface area (Å²) in [5.74, 6) is -1.36. The predicted octanol–water partition coefficient (Wildman–Crippen LogP) is 1.26. The van der Waals surface area contributed by atoms with Crippen LogP contribution < -0.4 is 10.9 Å². The van der Waals surface area contributed by atoms with Gasteiger partial charge in [0.05, 0.1) is 0 Å². The van der Waals surface area contributed by atoms with Crippen molar-refractivity contribution >= 4 is 28.9 Å². The van der Waals surface area contributed by atoms with E-state index in [0.29, 0.717) is 17.4 Å². The maximum Gasteiger partial charge on any atom is 0.336 e. The van der Waals surface area contributed by atoms with E-state index in [-0.39, 0.29) is 17.9 Å². The minimum Gasteiger partial charge on any atom is -0.508 e. The van der Waals surface area contributed by atoms with E-state index >= 15 is 0 Å². The number of phenolic OH excluding ortho intramolecular Hbond substituents is 1. The van der Waals surface area contributed by atoms with Gasteiger partial charge in [-0.3, -0.25) is 14.5 Å². The number of rotatable bonds is 5. The molecule has 1 aromatic carbocycles. The number of ether oxygens (including phenoxy) is 1. The topological polar surface area (TPSA) is 126 Å². The van der Waals surface area contributed by atoms with Gasteiger partial charge in [0.25, 0.3) is 5.91 Å². The van der Waals surface area contributed by atoms with Crippen LogP contribution in [0.1, 0.15) is 25.8 Å². The molecular formula is C18H18N2O7. The number of amides is 3. The van der Waals surface area contributed by atoms with Gasteiger partial charge < -0.3 is 19.6 Å². The van der Waals surface area contributed by atoms with Crippen LogP contribution >= 0.6 is 0 Å². The van der Waals surface area contributed by atoms with Crippen LogP contribution in [0.2, 0.25) is 0 Å². The third-order valence-corrected chi connectivity index (χ3v) is 4.54. The van der Waals surface area contributed by atoms with Gasteiger partial charge in [0, 0.05) is 23.1 Å². The monoisotopic (exact) mass is 374 g/mol. The number of fused-ring (bicyclic) bond motifs is 1. The van der Waals surface area contributed by atoms with E-state index in [4.69, 9.17) is 9.15 Å². The number of phenols is 1. The van der Waals surface area contributed by atoms with Gasteiger partial charge in [0.2, 0.25) is 0 Å². The lowest BCUT2D eigenvalue weighted by Gasteiger charge is -2.18. The SMILES string of the molecule is CC[C@]1(C)NC(=O)N(CC(=O)OCc2cc(=O)oc3cc(O)ccc23)C1=O. The third kappa shape index (κ3) is 3.48. The molecule has 1 aliphatic rings. The fourth-order valence-corrected chi connectivity index (χ4v) is 2.80. The molecule has 9 nitrogen and oxygen atoms in total. The summed E-state index contributed by atoms with van der Waals surface area (Å²) in [7, 11) is 0. The minimum atomic E-state index is -1.03. The highest BCUT2D eigenvalue weighted by Crippen LogP contribution is 2.23. The van der Waals surface area contributed by atoms with E-state index in [1.54, 1.807) is 13.8 Å². The molecule has 3 amide bonds. The molecule has 0 bridgehead atoms. The van der Waals surface area contributed by atoms with Crippen LogP contribution in [0.5, 0.6) is 5.75 Å². The Bertz CT molecular complexity index is 997. The first-order valence-corrected chi connectivity index (χ1v) is 8.29. The lowest BCUT2D eigenvalue weighted by atomic mass is 9.99. The Balaban J connectivity index is 1.72. The Labute approximate surface area is 153 Å². The van der Waals surface area contributed by atoms with Crippen molar-refractivity contribution in [1.82, 2.24) is 10.2 Å². The van der Waals surface area contributed by atoms with Crippen LogP contribution in [0.3, 0.4) is 0 Å². The molecule has 1 atom stereocenters. The Morgan fingerprint density at radius 3 is 2.70 bits per heavy atom. The smallest absolute Gasteiger partial charge is 0.336 e. The molecule has 9 heteroatoms. The molecule has 1 fully saturated rings. The standard InChI is InChI=1S/C18H18N2O7/c1-3-18(2)16(24)20(17(25)19-18)8-15(23)26-9-10-6-14(22)27-13-7-11(21)4-5-12(10)13/h4-7,21H,3,8-9H2,1-2H3,(H,19,25)/t18-/m0/s1. The molecule has 2 heterocycles. The number of imide groups is 1. The van der Waals surface area contributed by atoms with E-state index in [9.17, 15) is 24.3 Å². The number of nitrogens with zero attached hydrogens (tertiary/aromatic N) is 1. The largest absolute Gasteiger partial charge is 0.508 e. The second-order valence-electron chi connectivity index (χ2n) is 6.44. The van der Waals surface area contributed by atoms with Gasteiger partial charge in [0.15, 0.2) is 0 Å². The number of esters is 1. The summed E-state index contributed by atoms with van der Waals surface area (Å²) in [5.41, 5.74) is -1.16. The normalized spacial score (nSPS) is 19.4. The zero-order valence-corrected chi connectivity index (χ0v) is 14.8. The number of carbonyl (C=O) groups is 3. The zero-order chi connectivity index (χ0) is 19.8. The number of benzene rings is 1. The second kappa shape index (κ2) is 6.75. The summed E-state index contributed by atoms with van der Waals surface area (Å²) in [6, 6.07) is 4.74. The zero-order valence-electron chi connectivity index (χ0n) is 14.8. The number of hydrogen-bond acceptors (Lipinski definition) is 7. The minimum absolute atomic E-state index is 0.0719. The molecule has 1 aromatic heterocycles. The summed E-state index contributed by atoms with van der Waals surface area (Å²) >= 11 is 0. The second-order valence-corrected chi connectivity index (χ2v) is 6.44. The van der Waals surface area contributed by atoms with E-state index in [2.05, 4.69) is 5.32 Å². The maximum atomic E-state index is 12.3. The van der Waals surface area contributed by atoms with Gasteiger partial charge in [-0.2, -0.15) is 0 Å². The first-order chi connectivity index (χ1) is 12.7. The van der Waals surface area contributed by atoms with Gasteiger partial charge in [-0.05, 0) is 25.5 Å². The van der Waals surface area contributed by atoms with Crippen molar-refractivity contribution in [2.24, 2.45) is 0 Å². The molecule has 1 aliphatic heterocycles. The molecular weight excluding hydrogens is 356 g/mol. The van der Waals surface area contributed by atoms with Crippen LogP contribution in [0.15, 0.2) is 33.5 Å². The maximum absolute atomic E-state index is 12.3. The van der Waals surface area contributed by atoms with Gasteiger partial charge in [-0.15, -0.1) is 0 Å². The molecule has 0 aliphatic carbocycles. The van der Waals surface area contributed by atoms with Gasteiger partial charge in [0.1, 0.15) is 30.0 Å². The van der Waals surface area contributed by atoms with Crippen molar-refractivity contribution in [3.8, 4) is 5.75 Å². The highest BCUT2D eigenvalue weighted by Gasteiger charge is 2.47. The molecule has 0 spiro atoms. The van der Waals surface area contributed by atoms with Crippen LogP contribution in [0, 0.1) is 0 Å². The number of hydrogen-bond donors (Lipinski definition) is 2. The van der Waals surface area contributed by atoms with Crippen LogP contribution in [-0.4, -0.2) is 40.0 Å². The average molecular weight is 374 g/mol. The lowest BCUT2D eigenvalue weighted by molar-refractivity contribution is -0.148. The highest BCUT2D eigenvalue weighted by molar-refractivity contribution is 6.08. The van der Waals surface area contributed by atoms with E-state index in [0.717, 1.165) is 4.90 Å². The number of aromatic hydroxyl groups is 1. The molecule has 2 aromatic rings. The molecule has 142 valence electrons. The summed E-state index contributed by atoms with van der Waals surface area (Å²) in [5, 5.41) is 12.5. The quantitative estimate of drug-likeness (QED) is 0.458. The Hall–Kier alpha value is -3.36. The van der Waals surface area contributed by atoms with Crippen LogP contribution in [0.4, 0.5) is 4.79 Å². The fourth-order valence-electron chi connectivity index (χ4n) is 2.80. The van der Waals surface area contributed by atoms with Gasteiger partial charge >= 0.3 is 17.6 Å². The summed E-state index contributed by atoms with van der Waals surface area (Å²) in [6.07, 6.45) is 0.391. The Kier molecular flexibility index (Phi) is 4.61. The molecule has 1 saturated heterocycles. The summed E-state index contributed by atoms with van der Waals surface area (Å²) < 4.78 is 10.1. The third-order valence-electron chi connectivity index (χ3n) is 4.54. The van der Waals surface area contributed by atoms with Crippen LogP contribution in [-0.2, 0) is 20.9 Å². The highest BCUT2D eigenvalue weighted by atomic mass is 16.5. The average Bonchev–Trinajstić information content (AvgIpc) is 2.83. The number of urea groups is 1. The van der Waals surface area contributed by atoms with Crippen molar-refractivity contribution < 1.29 is 28.6 Å². The van der Waals surface area contributed by atoms with Crippen molar-refractivity contribution in [1.29, 1.82) is 0 Å².